The van der Waals surface area contributed by atoms with Gasteiger partial charge in [-0.1, -0.05) is 19.1 Å². The van der Waals surface area contributed by atoms with E-state index >= 15 is 0 Å². The Morgan fingerprint density at radius 2 is 2.09 bits per heavy atom. The van der Waals surface area contributed by atoms with Gasteiger partial charge in [-0.3, -0.25) is 9.69 Å². The standard InChI is InChI=1S/C17H20N4O/c1-2-16-19-9-14-7-8-21(11-15(14)20-16)10-12-3-5-13(6-4-12)17(18)22/h3-6,9H,2,7-8,10-11H2,1H3,(H2,18,22). The maximum Gasteiger partial charge on any atom is 0.248 e. The predicted molar refractivity (Wildman–Crippen MR) is 84.2 cm³/mol. The quantitative estimate of drug-likeness (QED) is 0.932. The summed E-state index contributed by atoms with van der Waals surface area (Å²) in [6.45, 7) is 4.77. The van der Waals surface area contributed by atoms with Crippen molar-refractivity contribution in [3.63, 3.8) is 0 Å². The molecule has 0 aliphatic carbocycles. The van der Waals surface area contributed by atoms with Crippen LogP contribution in [0.1, 0.15) is 39.9 Å². The van der Waals surface area contributed by atoms with Gasteiger partial charge in [0, 0.05) is 37.8 Å². The molecule has 22 heavy (non-hydrogen) atoms. The van der Waals surface area contributed by atoms with Gasteiger partial charge >= 0.3 is 0 Å². The molecule has 0 saturated carbocycles. The predicted octanol–water partition coefficient (Wildman–Crippen LogP) is 1.70. The van der Waals surface area contributed by atoms with Crippen molar-refractivity contribution >= 4 is 5.91 Å². The second-order valence-corrected chi connectivity index (χ2v) is 5.63. The second-order valence-electron chi connectivity index (χ2n) is 5.63. The molecule has 1 aromatic carbocycles. The summed E-state index contributed by atoms with van der Waals surface area (Å²) in [5, 5.41) is 0. The van der Waals surface area contributed by atoms with Crippen molar-refractivity contribution in [3.8, 4) is 0 Å². The zero-order valence-electron chi connectivity index (χ0n) is 12.7. The Kier molecular flexibility index (Phi) is 4.15. The smallest absolute Gasteiger partial charge is 0.248 e. The van der Waals surface area contributed by atoms with E-state index in [-0.39, 0.29) is 5.91 Å². The van der Waals surface area contributed by atoms with Gasteiger partial charge in [0.05, 0.1) is 5.69 Å². The van der Waals surface area contributed by atoms with Crippen LogP contribution in [0.2, 0.25) is 0 Å². The minimum atomic E-state index is -0.387. The summed E-state index contributed by atoms with van der Waals surface area (Å²) in [5.41, 5.74) is 9.40. The Bertz CT molecular complexity index is 682. The number of hydrogen-bond acceptors (Lipinski definition) is 4. The molecule has 2 N–H and O–H groups in total. The van der Waals surface area contributed by atoms with Gasteiger partial charge in [-0.2, -0.15) is 0 Å². The molecule has 1 amide bonds. The van der Waals surface area contributed by atoms with Crippen molar-refractivity contribution in [2.75, 3.05) is 6.54 Å². The van der Waals surface area contributed by atoms with Gasteiger partial charge in [0.2, 0.25) is 5.91 Å². The number of rotatable bonds is 4. The summed E-state index contributed by atoms with van der Waals surface area (Å²) in [6.07, 6.45) is 3.82. The number of fused-ring (bicyclic) bond motifs is 1. The monoisotopic (exact) mass is 296 g/mol. The normalized spacial score (nSPS) is 14.6. The van der Waals surface area contributed by atoms with Crippen LogP contribution in [0.5, 0.6) is 0 Å². The molecule has 0 atom stereocenters. The molecule has 1 aliphatic rings. The maximum absolute atomic E-state index is 11.1. The van der Waals surface area contributed by atoms with Gasteiger partial charge in [0.15, 0.2) is 0 Å². The topological polar surface area (TPSA) is 72.1 Å². The Balaban J connectivity index is 1.70. The average Bonchev–Trinajstić information content (AvgIpc) is 2.54. The number of carbonyl (C=O) groups excluding carboxylic acids is 1. The molecule has 0 bridgehead atoms. The van der Waals surface area contributed by atoms with Crippen LogP contribution in [0.3, 0.4) is 0 Å². The summed E-state index contributed by atoms with van der Waals surface area (Å²) in [6, 6.07) is 7.50. The third kappa shape index (κ3) is 3.14. The largest absolute Gasteiger partial charge is 0.366 e. The van der Waals surface area contributed by atoms with Gasteiger partial charge < -0.3 is 5.73 Å². The number of nitrogens with zero attached hydrogens (tertiary/aromatic N) is 3. The Labute approximate surface area is 130 Å². The lowest BCUT2D eigenvalue weighted by Gasteiger charge is -2.28. The molecule has 0 unspecified atom stereocenters. The minimum Gasteiger partial charge on any atom is -0.366 e. The highest BCUT2D eigenvalue weighted by Gasteiger charge is 2.18. The molecule has 1 aromatic heterocycles. The summed E-state index contributed by atoms with van der Waals surface area (Å²) >= 11 is 0. The number of aromatic nitrogens is 2. The van der Waals surface area contributed by atoms with Crippen molar-refractivity contribution in [1.82, 2.24) is 14.9 Å². The van der Waals surface area contributed by atoms with Crippen LogP contribution in [-0.4, -0.2) is 27.3 Å². The van der Waals surface area contributed by atoms with Crippen LogP contribution >= 0.6 is 0 Å². The van der Waals surface area contributed by atoms with Crippen molar-refractivity contribution in [2.45, 2.75) is 32.9 Å². The highest BCUT2D eigenvalue weighted by molar-refractivity contribution is 5.92. The summed E-state index contributed by atoms with van der Waals surface area (Å²) in [5.74, 6) is 0.522. The summed E-state index contributed by atoms with van der Waals surface area (Å²) < 4.78 is 0. The highest BCUT2D eigenvalue weighted by Crippen LogP contribution is 2.19. The van der Waals surface area contributed by atoms with Crippen molar-refractivity contribution in [3.05, 3.63) is 58.7 Å². The molecule has 5 nitrogen and oxygen atoms in total. The summed E-state index contributed by atoms with van der Waals surface area (Å²) in [7, 11) is 0. The number of aryl methyl sites for hydroxylation is 1. The molecule has 1 aliphatic heterocycles. The van der Waals surface area contributed by atoms with Crippen LogP contribution < -0.4 is 5.73 Å². The zero-order chi connectivity index (χ0) is 15.5. The lowest BCUT2D eigenvalue weighted by molar-refractivity contribution is 0.100. The molecule has 3 rings (SSSR count). The highest BCUT2D eigenvalue weighted by atomic mass is 16.1. The average molecular weight is 296 g/mol. The molecule has 0 fully saturated rings. The van der Waals surface area contributed by atoms with E-state index in [9.17, 15) is 4.79 Å². The fourth-order valence-electron chi connectivity index (χ4n) is 2.74. The first kappa shape index (κ1) is 14.7. The van der Waals surface area contributed by atoms with E-state index < -0.39 is 0 Å². The van der Waals surface area contributed by atoms with Gasteiger partial charge in [0.1, 0.15) is 5.82 Å². The fourth-order valence-corrected chi connectivity index (χ4v) is 2.74. The first-order chi connectivity index (χ1) is 10.7. The van der Waals surface area contributed by atoms with E-state index in [0.29, 0.717) is 5.56 Å². The molecule has 0 saturated heterocycles. The fraction of sp³-hybridized carbons (Fsp3) is 0.353. The van der Waals surface area contributed by atoms with E-state index in [0.717, 1.165) is 44.0 Å². The van der Waals surface area contributed by atoms with Crippen LogP contribution in [0.15, 0.2) is 30.5 Å². The van der Waals surface area contributed by atoms with Crippen molar-refractivity contribution in [1.29, 1.82) is 0 Å². The Morgan fingerprint density at radius 1 is 1.32 bits per heavy atom. The molecule has 114 valence electrons. The molecule has 2 aromatic rings. The number of carbonyl (C=O) groups is 1. The van der Waals surface area contributed by atoms with Crippen molar-refractivity contribution in [2.24, 2.45) is 5.73 Å². The number of benzene rings is 1. The third-order valence-electron chi connectivity index (χ3n) is 4.04. The third-order valence-corrected chi connectivity index (χ3v) is 4.04. The molecule has 0 radical (unpaired) electrons. The van der Waals surface area contributed by atoms with Gasteiger partial charge in [0.25, 0.3) is 0 Å². The molecule has 0 spiro atoms. The van der Waals surface area contributed by atoms with E-state index in [2.05, 4.69) is 21.8 Å². The Morgan fingerprint density at radius 3 is 2.77 bits per heavy atom. The lowest BCUT2D eigenvalue weighted by Crippen LogP contribution is -2.31. The maximum atomic E-state index is 11.1. The molecular weight excluding hydrogens is 276 g/mol. The molecule has 2 heterocycles. The first-order valence-corrected chi connectivity index (χ1v) is 7.60. The number of amides is 1. The lowest BCUT2D eigenvalue weighted by atomic mass is 10.1. The van der Waals surface area contributed by atoms with Crippen LogP contribution in [0.4, 0.5) is 0 Å². The first-order valence-electron chi connectivity index (χ1n) is 7.60. The van der Waals surface area contributed by atoms with Crippen LogP contribution in [-0.2, 0) is 25.9 Å². The van der Waals surface area contributed by atoms with E-state index in [1.807, 2.05) is 18.3 Å². The van der Waals surface area contributed by atoms with Crippen LogP contribution in [0, 0.1) is 0 Å². The SMILES string of the molecule is CCc1ncc2c(n1)CN(Cc1ccc(C(N)=O)cc1)CC2. The number of primary amides is 1. The van der Waals surface area contributed by atoms with Crippen molar-refractivity contribution < 1.29 is 4.79 Å². The van der Waals surface area contributed by atoms with Gasteiger partial charge in [-0.05, 0) is 29.7 Å². The Hall–Kier alpha value is -2.27. The van der Waals surface area contributed by atoms with Crippen LogP contribution in [0.25, 0.3) is 0 Å². The molecule has 5 heteroatoms. The summed E-state index contributed by atoms with van der Waals surface area (Å²) in [4.78, 5) is 22.5. The molecular formula is C17H20N4O. The van der Waals surface area contributed by atoms with Gasteiger partial charge in [-0.25, -0.2) is 9.97 Å². The second kappa shape index (κ2) is 6.23. The zero-order valence-corrected chi connectivity index (χ0v) is 12.7. The van der Waals surface area contributed by atoms with E-state index in [1.54, 1.807) is 12.1 Å². The van der Waals surface area contributed by atoms with E-state index in [1.165, 1.54) is 11.1 Å². The number of nitrogens with two attached hydrogens (primary N) is 1. The van der Waals surface area contributed by atoms with Gasteiger partial charge in [-0.15, -0.1) is 0 Å². The van der Waals surface area contributed by atoms with E-state index in [4.69, 9.17) is 5.73 Å². The minimum absolute atomic E-state index is 0.387. The number of hydrogen-bond donors (Lipinski definition) is 1.